The molecule has 22 heavy (non-hydrogen) atoms. The number of aliphatic hydroxyl groups is 1. The third-order valence-corrected chi connectivity index (χ3v) is 3.13. The van der Waals surface area contributed by atoms with Crippen molar-refractivity contribution >= 4 is 0 Å². The quantitative estimate of drug-likeness (QED) is 0.778. The highest BCUT2D eigenvalue weighted by atomic mass is 16.3. The molecule has 2 heterocycles. The predicted octanol–water partition coefficient (Wildman–Crippen LogP) is 1.34. The zero-order valence-corrected chi connectivity index (χ0v) is 11.5. The Hall–Kier alpha value is -3.11. The van der Waals surface area contributed by atoms with E-state index in [1.165, 1.54) is 4.80 Å². The number of nitrogens with zero attached hydrogens (tertiary/aromatic N) is 6. The average molecular weight is 292 g/mol. The van der Waals surface area contributed by atoms with E-state index in [4.69, 9.17) is 5.26 Å². The largest absolute Gasteiger partial charge is 0.386 e. The van der Waals surface area contributed by atoms with Crippen molar-refractivity contribution < 1.29 is 5.11 Å². The van der Waals surface area contributed by atoms with Gasteiger partial charge in [0.2, 0.25) is 5.82 Å². The summed E-state index contributed by atoms with van der Waals surface area (Å²) in [5, 5.41) is 31.1. The van der Waals surface area contributed by atoms with Crippen LogP contribution < -0.4 is 0 Å². The van der Waals surface area contributed by atoms with Crippen LogP contribution in [0.15, 0.2) is 48.8 Å². The standard InChI is InChI=1S/C15H12N6O/c16-8-11-3-5-12(6-4-11)14(22)10-21-19-15(18-20-21)13-2-1-7-17-9-13/h1-7,9,14,22H,10H2. The lowest BCUT2D eigenvalue weighted by Gasteiger charge is -2.09. The minimum atomic E-state index is -0.774. The molecule has 1 atom stereocenters. The van der Waals surface area contributed by atoms with Crippen LogP contribution in [-0.4, -0.2) is 30.3 Å². The fraction of sp³-hybridized carbons (Fsp3) is 0.133. The lowest BCUT2D eigenvalue weighted by atomic mass is 10.1. The molecule has 0 radical (unpaired) electrons. The van der Waals surface area contributed by atoms with Crippen molar-refractivity contribution in [2.75, 3.05) is 0 Å². The summed E-state index contributed by atoms with van der Waals surface area (Å²) in [7, 11) is 0. The molecule has 0 saturated heterocycles. The molecule has 0 aliphatic rings. The summed E-state index contributed by atoms with van der Waals surface area (Å²) < 4.78 is 0. The van der Waals surface area contributed by atoms with E-state index in [2.05, 4.69) is 20.4 Å². The number of pyridine rings is 1. The van der Waals surface area contributed by atoms with Crippen LogP contribution in [0.3, 0.4) is 0 Å². The van der Waals surface area contributed by atoms with Crippen molar-refractivity contribution in [2.45, 2.75) is 12.6 Å². The molecule has 7 nitrogen and oxygen atoms in total. The van der Waals surface area contributed by atoms with Crippen LogP contribution in [0.5, 0.6) is 0 Å². The van der Waals surface area contributed by atoms with Crippen LogP contribution in [0.2, 0.25) is 0 Å². The zero-order chi connectivity index (χ0) is 15.4. The van der Waals surface area contributed by atoms with E-state index in [-0.39, 0.29) is 6.54 Å². The molecule has 0 spiro atoms. The van der Waals surface area contributed by atoms with E-state index < -0.39 is 6.10 Å². The smallest absolute Gasteiger partial charge is 0.206 e. The molecule has 1 aromatic carbocycles. The van der Waals surface area contributed by atoms with Gasteiger partial charge in [0.15, 0.2) is 0 Å². The average Bonchev–Trinajstić information content (AvgIpc) is 3.04. The number of nitriles is 1. The Bertz CT molecular complexity index is 791. The first-order valence-electron chi connectivity index (χ1n) is 6.62. The molecule has 0 saturated carbocycles. The lowest BCUT2D eigenvalue weighted by molar-refractivity contribution is 0.144. The number of hydrogen-bond donors (Lipinski definition) is 1. The van der Waals surface area contributed by atoms with E-state index in [0.29, 0.717) is 17.0 Å². The van der Waals surface area contributed by atoms with Gasteiger partial charge in [0.1, 0.15) is 6.10 Å². The maximum Gasteiger partial charge on any atom is 0.206 e. The van der Waals surface area contributed by atoms with Gasteiger partial charge in [0.05, 0.1) is 18.2 Å². The number of aliphatic hydroxyl groups excluding tert-OH is 1. The van der Waals surface area contributed by atoms with E-state index in [1.54, 1.807) is 42.7 Å². The molecule has 0 aliphatic carbocycles. The molecule has 0 amide bonds. The van der Waals surface area contributed by atoms with Crippen LogP contribution in [0, 0.1) is 11.3 Å². The lowest BCUT2D eigenvalue weighted by Crippen LogP contribution is -2.11. The molecule has 7 heteroatoms. The second-order valence-electron chi connectivity index (χ2n) is 4.66. The van der Waals surface area contributed by atoms with Crippen LogP contribution in [0.4, 0.5) is 0 Å². The summed E-state index contributed by atoms with van der Waals surface area (Å²) >= 11 is 0. The zero-order valence-electron chi connectivity index (χ0n) is 11.5. The number of aromatic nitrogens is 5. The summed E-state index contributed by atoms with van der Waals surface area (Å²) in [4.78, 5) is 5.34. The third-order valence-electron chi connectivity index (χ3n) is 3.13. The van der Waals surface area contributed by atoms with E-state index in [1.807, 2.05) is 12.1 Å². The van der Waals surface area contributed by atoms with Crippen molar-refractivity contribution in [3.8, 4) is 17.5 Å². The monoisotopic (exact) mass is 292 g/mol. The van der Waals surface area contributed by atoms with Gasteiger partial charge in [0, 0.05) is 18.0 Å². The molecule has 1 N–H and O–H groups in total. The van der Waals surface area contributed by atoms with Gasteiger partial charge in [-0.25, -0.2) is 0 Å². The molecule has 1 unspecified atom stereocenters. The number of benzene rings is 1. The van der Waals surface area contributed by atoms with E-state index in [9.17, 15) is 5.11 Å². The Morgan fingerprint density at radius 2 is 2.05 bits per heavy atom. The Morgan fingerprint density at radius 3 is 2.73 bits per heavy atom. The molecule has 2 aromatic heterocycles. The number of hydrogen-bond acceptors (Lipinski definition) is 6. The third kappa shape index (κ3) is 2.97. The fourth-order valence-corrected chi connectivity index (χ4v) is 1.97. The van der Waals surface area contributed by atoms with Gasteiger partial charge in [0.25, 0.3) is 0 Å². The van der Waals surface area contributed by atoms with Gasteiger partial charge in [-0.1, -0.05) is 12.1 Å². The van der Waals surface area contributed by atoms with Gasteiger partial charge in [-0.15, -0.1) is 10.2 Å². The Balaban J connectivity index is 1.73. The highest BCUT2D eigenvalue weighted by molar-refractivity contribution is 5.51. The van der Waals surface area contributed by atoms with Gasteiger partial charge < -0.3 is 5.11 Å². The van der Waals surface area contributed by atoms with Gasteiger partial charge in [-0.05, 0) is 35.0 Å². The predicted molar refractivity (Wildman–Crippen MR) is 77.2 cm³/mol. The Labute approximate surface area is 126 Å². The second kappa shape index (κ2) is 6.11. The highest BCUT2D eigenvalue weighted by Gasteiger charge is 2.12. The molecule has 3 aromatic rings. The summed E-state index contributed by atoms with van der Waals surface area (Å²) in [5.41, 5.74) is 2.01. The summed E-state index contributed by atoms with van der Waals surface area (Å²) in [6, 6.07) is 12.4. The summed E-state index contributed by atoms with van der Waals surface area (Å²) in [6.45, 7) is 0.180. The highest BCUT2D eigenvalue weighted by Crippen LogP contribution is 2.16. The number of rotatable bonds is 4. The second-order valence-corrected chi connectivity index (χ2v) is 4.66. The number of tetrazole rings is 1. The first-order valence-corrected chi connectivity index (χ1v) is 6.62. The van der Waals surface area contributed by atoms with Crippen molar-refractivity contribution in [3.63, 3.8) is 0 Å². The topological polar surface area (TPSA) is 101 Å². The Morgan fingerprint density at radius 1 is 1.23 bits per heavy atom. The summed E-state index contributed by atoms with van der Waals surface area (Å²) in [5.74, 6) is 0.458. The van der Waals surface area contributed by atoms with Crippen LogP contribution in [0.25, 0.3) is 11.4 Å². The molecule has 3 rings (SSSR count). The summed E-state index contributed by atoms with van der Waals surface area (Å²) in [6.07, 6.45) is 2.55. The molecular weight excluding hydrogens is 280 g/mol. The molecule has 0 bridgehead atoms. The molecule has 108 valence electrons. The van der Waals surface area contributed by atoms with Crippen LogP contribution >= 0.6 is 0 Å². The van der Waals surface area contributed by atoms with E-state index in [0.717, 1.165) is 5.56 Å². The molecule has 0 aliphatic heterocycles. The molecule has 0 fully saturated rings. The minimum absolute atomic E-state index is 0.180. The van der Waals surface area contributed by atoms with Crippen molar-refractivity contribution in [2.24, 2.45) is 0 Å². The maximum absolute atomic E-state index is 10.2. The molecular formula is C15H12N6O. The van der Waals surface area contributed by atoms with Crippen molar-refractivity contribution in [1.29, 1.82) is 5.26 Å². The first kappa shape index (κ1) is 13.9. The first-order chi connectivity index (χ1) is 10.8. The van der Waals surface area contributed by atoms with Crippen molar-refractivity contribution in [3.05, 3.63) is 59.9 Å². The Kier molecular flexibility index (Phi) is 3.85. The SMILES string of the molecule is N#Cc1ccc(C(O)Cn2nnc(-c3cccnc3)n2)cc1. The van der Waals surface area contributed by atoms with Gasteiger partial charge in [-0.3, -0.25) is 4.98 Å². The maximum atomic E-state index is 10.2. The van der Waals surface area contributed by atoms with E-state index >= 15 is 0 Å². The van der Waals surface area contributed by atoms with Crippen LogP contribution in [-0.2, 0) is 6.54 Å². The van der Waals surface area contributed by atoms with Gasteiger partial charge in [-0.2, -0.15) is 10.1 Å². The minimum Gasteiger partial charge on any atom is -0.386 e. The van der Waals surface area contributed by atoms with Crippen LogP contribution in [0.1, 0.15) is 17.2 Å². The van der Waals surface area contributed by atoms with Gasteiger partial charge >= 0.3 is 0 Å². The normalized spacial score (nSPS) is 11.8. The van der Waals surface area contributed by atoms with Crippen molar-refractivity contribution in [1.82, 2.24) is 25.2 Å². The fourth-order valence-electron chi connectivity index (χ4n) is 1.97.